The summed E-state index contributed by atoms with van der Waals surface area (Å²) in [4.78, 5) is 87.2. The Morgan fingerprint density at radius 3 is 2.44 bits per heavy atom. The van der Waals surface area contributed by atoms with Gasteiger partial charge in [0.25, 0.3) is 5.56 Å². The quantitative estimate of drug-likeness (QED) is 0.106. The molecule has 0 bridgehead atoms. The number of aryl methyl sites for hydroxylation is 1. The van der Waals surface area contributed by atoms with Crippen LogP contribution in [0.2, 0.25) is 0 Å². The van der Waals surface area contributed by atoms with Gasteiger partial charge in [-0.05, 0) is 43.9 Å². The molecular weight excluding hydrogens is 713 g/mol. The number of aromatic nitrogens is 2. The summed E-state index contributed by atoms with van der Waals surface area (Å²) in [5.41, 5.74) is 11.7. The smallest absolute Gasteiger partial charge is 0.345 e. The number of carbonyl (C=O) groups excluding carboxylic acids is 5. The summed E-state index contributed by atoms with van der Waals surface area (Å²) in [6, 6.07) is 9.00. The molecule has 15 nitrogen and oxygen atoms in total. The normalized spacial score (nSPS) is 19.7. The van der Waals surface area contributed by atoms with Crippen LogP contribution < -0.4 is 32.1 Å². The lowest BCUT2D eigenvalue weighted by molar-refractivity contribution is -0.172. The van der Waals surface area contributed by atoms with Crippen LogP contribution in [0.25, 0.3) is 22.3 Å². The number of hydrogen-bond donors (Lipinski definition) is 5. The van der Waals surface area contributed by atoms with Crippen molar-refractivity contribution in [3.05, 3.63) is 92.0 Å². The number of nitrogens with two attached hydrogens (primary N) is 2. The molecule has 2 aliphatic heterocycles. The Morgan fingerprint density at radius 2 is 1.78 bits per heavy atom. The Bertz CT molecular complexity index is 2400. The van der Waals surface area contributed by atoms with E-state index in [1.165, 1.54) is 23.6 Å². The molecule has 4 amide bonds. The summed E-state index contributed by atoms with van der Waals surface area (Å²) in [6.45, 7) is 2.58. The van der Waals surface area contributed by atoms with E-state index in [0.717, 1.165) is 0 Å². The zero-order valence-corrected chi connectivity index (χ0v) is 30.5. The molecule has 2 aromatic carbocycles. The van der Waals surface area contributed by atoms with Gasteiger partial charge in [0.1, 0.15) is 37.2 Å². The minimum Gasteiger partial charge on any atom is -0.458 e. The molecule has 286 valence electrons. The predicted octanol–water partition coefficient (Wildman–Crippen LogP) is 1.11. The summed E-state index contributed by atoms with van der Waals surface area (Å²) in [6.07, 6.45) is 0.250. The summed E-state index contributed by atoms with van der Waals surface area (Å²) in [7, 11) is 0. The maximum absolute atomic E-state index is 15.7. The number of hydrogen-bond acceptors (Lipinski definition) is 11. The minimum atomic E-state index is -2.10. The van der Waals surface area contributed by atoms with Crippen molar-refractivity contribution in [1.82, 2.24) is 24.7 Å². The lowest BCUT2D eigenvalue weighted by Crippen LogP contribution is -2.66. The van der Waals surface area contributed by atoms with Gasteiger partial charge < -0.3 is 36.5 Å². The third-order valence-corrected chi connectivity index (χ3v) is 11.2. The highest BCUT2D eigenvalue weighted by Crippen LogP contribution is 2.51. The molecular formula is C39H41FN7O8+. The van der Waals surface area contributed by atoms with E-state index < -0.39 is 82.8 Å². The summed E-state index contributed by atoms with van der Waals surface area (Å²) in [5.74, 6) is -4.19. The van der Waals surface area contributed by atoms with Gasteiger partial charge in [-0.3, -0.25) is 14.4 Å². The number of nitrogens with zero attached hydrogens (tertiary/aromatic N) is 3. The number of benzene rings is 2. The summed E-state index contributed by atoms with van der Waals surface area (Å²) < 4.78 is 21.3. The van der Waals surface area contributed by atoms with Gasteiger partial charge in [0.2, 0.25) is 11.8 Å². The van der Waals surface area contributed by atoms with Crippen LogP contribution in [0, 0.1) is 12.7 Å². The molecule has 0 radical (unpaired) electrons. The molecule has 7 rings (SSSR count). The highest BCUT2D eigenvalue weighted by atomic mass is 19.1. The van der Waals surface area contributed by atoms with Gasteiger partial charge in [0.15, 0.2) is 5.60 Å². The lowest BCUT2D eigenvalue weighted by Gasteiger charge is -2.42. The number of ether oxygens (including phenoxy) is 1. The Morgan fingerprint density at radius 1 is 1.09 bits per heavy atom. The largest absolute Gasteiger partial charge is 0.458 e. The molecule has 4 heterocycles. The highest BCUT2D eigenvalue weighted by molar-refractivity contribution is 6.13. The van der Waals surface area contributed by atoms with E-state index in [1.807, 2.05) is 0 Å². The van der Waals surface area contributed by atoms with Crippen LogP contribution in [0.15, 0.2) is 47.3 Å². The molecule has 0 saturated carbocycles. The fourth-order valence-corrected chi connectivity index (χ4v) is 8.35. The van der Waals surface area contributed by atoms with Crippen molar-refractivity contribution < 1.29 is 38.2 Å². The topological polar surface area (TPSA) is 226 Å². The molecule has 55 heavy (non-hydrogen) atoms. The first-order chi connectivity index (χ1) is 26.2. The maximum Gasteiger partial charge on any atom is 0.345 e. The van der Waals surface area contributed by atoms with Gasteiger partial charge in [0, 0.05) is 46.7 Å². The minimum absolute atomic E-state index is 0.0809. The van der Waals surface area contributed by atoms with Crippen LogP contribution in [0.1, 0.15) is 66.1 Å². The molecule has 2 aromatic heterocycles. The first kappa shape index (κ1) is 37.6. The SMILES string of the molecule is CC[C@@]1(O)C(=O)OCc2c1cc1n(c2=O)Cc2c-1nc1cc(F)c(C)c3c1c2[C@@H]([N+](C(=O)CNC(=O)CN)(C(=O)CNC(=O)[C@H](C)N)c1ccccc1)CC3. The number of halogens is 1. The number of para-hydroxylation sites is 1. The third-order valence-electron chi connectivity index (χ3n) is 11.2. The number of aliphatic hydroxyl groups is 1. The monoisotopic (exact) mass is 754 g/mol. The van der Waals surface area contributed by atoms with Gasteiger partial charge in [-0.25, -0.2) is 23.8 Å². The molecule has 3 aliphatic rings. The fraction of sp³-hybridized carbons (Fsp3) is 0.359. The number of cyclic esters (lactones) is 1. The highest BCUT2D eigenvalue weighted by Gasteiger charge is 2.56. The third kappa shape index (κ3) is 5.66. The van der Waals surface area contributed by atoms with Gasteiger partial charge in [-0.2, -0.15) is 4.48 Å². The average molecular weight is 755 g/mol. The van der Waals surface area contributed by atoms with Crippen molar-refractivity contribution >= 4 is 46.2 Å². The first-order valence-corrected chi connectivity index (χ1v) is 18.0. The molecule has 0 saturated heterocycles. The van der Waals surface area contributed by atoms with Crippen LogP contribution >= 0.6 is 0 Å². The number of quaternary nitrogens is 1. The molecule has 4 aromatic rings. The number of nitrogens with one attached hydrogen (secondary N) is 2. The molecule has 1 unspecified atom stereocenters. The van der Waals surface area contributed by atoms with Crippen LogP contribution in [0.4, 0.5) is 10.1 Å². The number of fused-ring (bicyclic) bond motifs is 5. The molecule has 7 N–H and O–H groups in total. The van der Waals surface area contributed by atoms with Crippen LogP contribution in [-0.2, 0) is 53.9 Å². The fourth-order valence-electron chi connectivity index (χ4n) is 8.35. The number of rotatable bonds is 9. The van der Waals surface area contributed by atoms with E-state index in [2.05, 4.69) is 10.6 Å². The predicted molar refractivity (Wildman–Crippen MR) is 197 cm³/mol. The number of imide groups is 1. The van der Waals surface area contributed by atoms with Crippen molar-refractivity contribution in [1.29, 1.82) is 0 Å². The van der Waals surface area contributed by atoms with E-state index in [1.54, 1.807) is 44.2 Å². The second-order valence-corrected chi connectivity index (χ2v) is 14.2. The standard InChI is InChI=1S/C39H40FN7O8/c1-4-39(54)25-12-28-35-23(17-46(28)37(52)24(25)18-55-38(39)53)34-29(11-10-22-19(2)26(40)13-27(45-35)33(22)34)47(21-8-6-5-7-9-21,31(49)15-43-30(48)14-41)32(50)16-44-36(51)20(3)42/h5-9,12-13,20,29,54H,4,10-11,14-18,41-42H2,1-3H3,(H-,43,44,48,51)/p+1/t20-,29-,39-,47?/m0/s1. The van der Waals surface area contributed by atoms with E-state index in [4.69, 9.17) is 21.2 Å². The zero-order chi connectivity index (χ0) is 39.6. The van der Waals surface area contributed by atoms with Crippen LogP contribution in [0.5, 0.6) is 0 Å². The van der Waals surface area contributed by atoms with Crippen molar-refractivity contribution in [3.8, 4) is 11.4 Å². The van der Waals surface area contributed by atoms with Crippen LogP contribution in [-0.4, -0.2) is 69.9 Å². The maximum atomic E-state index is 15.7. The van der Waals surface area contributed by atoms with Gasteiger partial charge >= 0.3 is 17.8 Å². The van der Waals surface area contributed by atoms with Crippen molar-refractivity contribution in [3.63, 3.8) is 0 Å². The number of carbonyl (C=O) groups is 5. The Labute approximate surface area is 314 Å². The second kappa shape index (κ2) is 13.9. The Hall–Kier alpha value is -5.68. The summed E-state index contributed by atoms with van der Waals surface area (Å²) >= 11 is 0. The zero-order valence-electron chi connectivity index (χ0n) is 30.5. The lowest BCUT2D eigenvalue weighted by atomic mass is 9.79. The Kier molecular flexibility index (Phi) is 9.49. The van der Waals surface area contributed by atoms with Gasteiger partial charge in [0.05, 0.1) is 41.6 Å². The van der Waals surface area contributed by atoms with Crippen molar-refractivity contribution in [2.24, 2.45) is 11.5 Å². The molecule has 16 heteroatoms. The van der Waals surface area contributed by atoms with Gasteiger partial charge in [-0.15, -0.1) is 0 Å². The molecule has 1 aliphatic carbocycles. The average Bonchev–Trinajstić information content (AvgIpc) is 3.56. The molecule has 4 atom stereocenters. The second-order valence-electron chi connectivity index (χ2n) is 14.2. The van der Waals surface area contributed by atoms with E-state index in [-0.39, 0.29) is 66.1 Å². The first-order valence-electron chi connectivity index (χ1n) is 18.0. The number of pyridine rings is 2. The van der Waals surface area contributed by atoms with E-state index in [0.29, 0.717) is 27.6 Å². The van der Waals surface area contributed by atoms with E-state index >= 15 is 9.18 Å². The van der Waals surface area contributed by atoms with Crippen molar-refractivity contribution in [2.45, 2.75) is 70.9 Å². The van der Waals surface area contributed by atoms with E-state index in [9.17, 15) is 29.1 Å². The Balaban J connectivity index is 1.55. The number of esters is 1. The number of amides is 4. The van der Waals surface area contributed by atoms with Crippen molar-refractivity contribution in [2.75, 3.05) is 19.6 Å². The molecule has 0 fully saturated rings. The van der Waals surface area contributed by atoms with Crippen LogP contribution in [0.3, 0.4) is 0 Å². The molecule has 0 spiro atoms. The summed E-state index contributed by atoms with van der Waals surface area (Å²) in [5, 5.41) is 17.0. The van der Waals surface area contributed by atoms with Gasteiger partial charge in [-0.1, -0.05) is 25.1 Å².